The monoisotopic (exact) mass is 339 g/mol. The van der Waals surface area contributed by atoms with Gasteiger partial charge in [0.05, 0.1) is 0 Å². The van der Waals surface area contributed by atoms with Crippen LogP contribution in [-0.2, 0) is 11.2 Å². The van der Waals surface area contributed by atoms with Crippen molar-refractivity contribution in [1.82, 2.24) is 14.9 Å². The number of aryl methyl sites for hydroxylation is 3. The van der Waals surface area contributed by atoms with Crippen LogP contribution < -0.4 is 10.2 Å². The Balaban J connectivity index is 1.84. The molecule has 0 aliphatic carbocycles. The second-order valence-corrected chi connectivity index (χ2v) is 6.41. The van der Waals surface area contributed by atoms with Gasteiger partial charge in [-0.3, -0.25) is 4.79 Å². The highest BCUT2D eigenvalue weighted by molar-refractivity contribution is 5.64. The molecule has 0 bridgehead atoms. The molecule has 0 atom stereocenters. The molecule has 3 rings (SSSR count). The van der Waals surface area contributed by atoms with Crippen molar-refractivity contribution in [2.45, 2.75) is 27.2 Å². The molecule has 25 heavy (non-hydrogen) atoms. The van der Waals surface area contributed by atoms with Crippen LogP contribution in [0.25, 0.3) is 0 Å². The first-order valence-electron chi connectivity index (χ1n) is 8.76. The Morgan fingerprint density at radius 3 is 2.60 bits per heavy atom. The van der Waals surface area contributed by atoms with E-state index in [2.05, 4.69) is 47.2 Å². The van der Waals surface area contributed by atoms with Crippen LogP contribution in [0, 0.1) is 13.8 Å². The SMILES string of the molecule is CCc1cccc(C)c1Nc1nc(C)cc(N2CCN(C=O)CC2)n1. The van der Waals surface area contributed by atoms with Crippen LogP contribution in [0.5, 0.6) is 0 Å². The number of anilines is 3. The molecule has 6 heteroatoms. The fourth-order valence-corrected chi connectivity index (χ4v) is 3.14. The molecular formula is C19H25N5O. The maximum Gasteiger partial charge on any atom is 0.229 e. The van der Waals surface area contributed by atoms with E-state index in [-0.39, 0.29) is 0 Å². The number of hydrogen-bond donors (Lipinski definition) is 1. The van der Waals surface area contributed by atoms with E-state index in [0.29, 0.717) is 5.95 Å². The summed E-state index contributed by atoms with van der Waals surface area (Å²) in [6.45, 7) is 9.26. The molecule has 6 nitrogen and oxygen atoms in total. The summed E-state index contributed by atoms with van der Waals surface area (Å²) in [6, 6.07) is 8.30. The first-order valence-corrected chi connectivity index (χ1v) is 8.76. The van der Waals surface area contributed by atoms with E-state index in [9.17, 15) is 4.79 Å². The van der Waals surface area contributed by atoms with Crippen LogP contribution in [0.15, 0.2) is 24.3 Å². The Bertz CT molecular complexity index is 753. The standard InChI is InChI=1S/C19H25N5O/c1-4-16-7-5-6-14(2)18(16)22-19-20-15(3)12-17(21-19)24-10-8-23(13-25)9-11-24/h5-7,12-13H,4,8-11H2,1-3H3,(H,20,21,22). The Kier molecular flexibility index (Phi) is 5.16. The van der Waals surface area contributed by atoms with Gasteiger partial charge >= 0.3 is 0 Å². The van der Waals surface area contributed by atoms with E-state index < -0.39 is 0 Å². The Morgan fingerprint density at radius 1 is 1.16 bits per heavy atom. The van der Waals surface area contributed by atoms with Crippen molar-refractivity contribution in [1.29, 1.82) is 0 Å². The lowest BCUT2D eigenvalue weighted by Gasteiger charge is -2.33. The number of carbonyl (C=O) groups excluding carboxylic acids is 1. The molecule has 132 valence electrons. The number of carbonyl (C=O) groups is 1. The van der Waals surface area contributed by atoms with Gasteiger partial charge in [-0.05, 0) is 31.4 Å². The van der Waals surface area contributed by atoms with E-state index in [0.717, 1.165) is 56.2 Å². The lowest BCUT2D eigenvalue weighted by molar-refractivity contribution is -0.118. The lowest BCUT2D eigenvalue weighted by Crippen LogP contribution is -2.46. The molecule has 1 aromatic carbocycles. The summed E-state index contributed by atoms with van der Waals surface area (Å²) in [5.41, 5.74) is 4.46. The Labute approximate surface area is 148 Å². The van der Waals surface area contributed by atoms with Gasteiger partial charge in [-0.15, -0.1) is 0 Å². The highest BCUT2D eigenvalue weighted by Crippen LogP contribution is 2.25. The minimum Gasteiger partial charge on any atom is -0.353 e. The first-order chi connectivity index (χ1) is 12.1. The van der Waals surface area contributed by atoms with E-state index in [1.54, 1.807) is 4.90 Å². The summed E-state index contributed by atoms with van der Waals surface area (Å²) in [5.74, 6) is 1.53. The first kappa shape index (κ1) is 17.2. The third-order valence-electron chi connectivity index (χ3n) is 4.60. The molecule has 1 aliphatic rings. The van der Waals surface area contributed by atoms with E-state index >= 15 is 0 Å². The molecule has 1 fully saturated rings. The number of nitrogens with zero attached hydrogens (tertiary/aromatic N) is 4. The minimum atomic E-state index is 0.622. The highest BCUT2D eigenvalue weighted by Gasteiger charge is 2.18. The number of para-hydroxylation sites is 1. The number of hydrogen-bond acceptors (Lipinski definition) is 5. The predicted octanol–water partition coefficient (Wildman–Crippen LogP) is 2.68. The third kappa shape index (κ3) is 3.90. The van der Waals surface area contributed by atoms with Crippen molar-refractivity contribution in [2.24, 2.45) is 0 Å². The normalized spacial score (nSPS) is 14.5. The Hall–Kier alpha value is -2.63. The van der Waals surface area contributed by atoms with Crippen molar-refractivity contribution in [3.05, 3.63) is 41.1 Å². The van der Waals surface area contributed by atoms with E-state index in [4.69, 9.17) is 4.98 Å². The molecule has 1 amide bonds. The number of piperazine rings is 1. The maximum atomic E-state index is 10.9. The molecule has 0 radical (unpaired) electrons. The van der Waals surface area contributed by atoms with E-state index in [1.807, 2.05) is 13.0 Å². The van der Waals surface area contributed by atoms with Gasteiger partial charge in [-0.1, -0.05) is 25.1 Å². The van der Waals surface area contributed by atoms with Gasteiger partial charge in [0.15, 0.2) is 0 Å². The zero-order valence-electron chi connectivity index (χ0n) is 15.1. The average molecular weight is 339 g/mol. The van der Waals surface area contributed by atoms with Gasteiger partial charge in [0.25, 0.3) is 0 Å². The molecule has 0 saturated carbocycles. The van der Waals surface area contributed by atoms with Crippen molar-refractivity contribution in [3.63, 3.8) is 0 Å². The largest absolute Gasteiger partial charge is 0.353 e. The van der Waals surface area contributed by atoms with Gasteiger partial charge in [0.1, 0.15) is 5.82 Å². The molecule has 2 aromatic rings. The fourth-order valence-electron chi connectivity index (χ4n) is 3.14. The number of benzene rings is 1. The van der Waals surface area contributed by atoms with Crippen molar-refractivity contribution >= 4 is 23.9 Å². The fraction of sp³-hybridized carbons (Fsp3) is 0.421. The van der Waals surface area contributed by atoms with E-state index in [1.165, 1.54) is 11.1 Å². The quantitative estimate of drug-likeness (QED) is 0.849. The van der Waals surface area contributed by atoms with Gasteiger partial charge in [-0.2, -0.15) is 4.98 Å². The van der Waals surface area contributed by atoms with Crippen molar-refractivity contribution in [2.75, 3.05) is 36.4 Å². The van der Waals surface area contributed by atoms with Crippen molar-refractivity contribution < 1.29 is 4.79 Å². The molecule has 1 N–H and O–H groups in total. The van der Waals surface area contributed by atoms with Crippen LogP contribution in [0.1, 0.15) is 23.7 Å². The zero-order valence-corrected chi connectivity index (χ0v) is 15.1. The molecule has 1 aromatic heterocycles. The smallest absolute Gasteiger partial charge is 0.229 e. The average Bonchev–Trinajstić information content (AvgIpc) is 2.63. The van der Waals surface area contributed by atoms with Gasteiger partial charge in [0, 0.05) is 43.6 Å². The summed E-state index contributed by atoms with van der Waals surface area (Å²) in [5, 5.41) is 3.42. The molecule has 2 heterocycles. The van der Waals surface area contributed by atoms with Crippen LogP contribution in [0.4, 0.5) is 17.5 Å². The summed E-state index contributed by atoms with van der Waals surface area (Å²) in [6.07, 6.45) is 1.87. The third-order valence-corrected chi connectivity index (χ3v) is 4.60. The maximum absolute atomic E-state index is 10.9. The summed E-state index contributed by atoms with van der Waals surface area (Å²) in [7, 11) is 0. The summed E-state index contributed by atoms with van der Waals surface area (Å²) >= 11 is 0. The molecule has 0 unspecified atom stereocenters. The number of rotatable bonds is 5. The van der Waals surface area contributed by atoms with Crippen molar-refractivity contribution in [3.8, 4) is 0 Å². The number of amides is 1. The van der Waals surface area contributed by atoms with Gasteiger partial charge < -0.3 is 15.1 Å². The molecule has 1 saturated heterocycles. The second-order valence-electron chi connectivity index (χ2n) is 6.41. The zero-order chi connectivity index (χ0) is 17.8. The van der Waals surface area contributed by atoms with Crippen LogP contribution in [0.3, 0.4) is 0 Å². The van der Waals surface area contributed by atoms with Crippen LogP contribution in [-0.4, -0.2) is 47.5 Å². The summed E-state index contributed by atoms with van der Waals surface area (Å²) in [4.78, 5) is 24.2. The minimum absolute atomic E-state index is 0.622. The number of nitrogens with one attached hydrogen (secondary N) is 1. The lowest BCUT2D eigenvalue weighted by atomic mass is 10.1. The highest BCUT2D eigenvalue weighted by atomic mass is 16.1. The predicted molar refractivity (Wildman–Crippen MR) is 100 cm³/mol. The topological polar surface area (TPSA) is 61.4 Å². The van der Waals surface area contributed by atoms with Crippen LogP contribution in [0.2, 0.25) is 0 Å². The van der Waals surface area contributed by atoms with Gasteiger partial charge in [0.2, 0.25) is 12.4 Å². The van der Waals surface area contributed by atoms with Crippen LogP contribution >= 0.6 is 0 Å². The molecule has 1 aliphatic heterocycles. The molecule has 0 spiro atoms. The molecular weight excluding hydrogens is 314 g/mol. The summed E-state index contributed by atoms with van der Waals surface area (Å²) < 4.78 is 0. The second kappa shape index (κ2) is 7.51. The van der Waals surface area contributed by atoms with Gasteiger partial charge in [-0.25, -0.2) is 4.98 Å². The Morgan fingerprint density at radius 2 is 1.92 bits per heavy atom. The number of aromatic nitrogens is 2.